The zero-order chi connectivity index (χ0) is 17.7. The molecule has 1 N–H and O–H groups in total. The van der Waals surface area contributed by atoms with Gasteiger partial charge in [0.15, 0.2) is 5.82 Å². The van der Waals surface area contributed by atoms with Crippen molar-refractivity contribution in [3.05, 3.63) is 41.5 Å². The van der Waals surface area contributed by atoms with E-state index in [0.29, 0.717) is 29.4 Å². The van der Waals surface area contributed by atoms with Gasteiger partial charge in [-0.05, 0) is 38.6 Å². The van der Waals surface area contributed by atoms with Gasteiger partial charge >= 0.3 is 5.97 Å². The van der Waals surface area contributed by atoms with Gasteiger partial charge in [0.2, 0.25) is 5.89 Å². The summed E-state index contributed by atoms with van der Waals surface area (Å²) in [6.07, 6.45) is 0.718. The number of aliphatic carboxylic acids is 1. The summed E-state index contributed by atoms with van der Waals surface area (Å²) in [5.41, 5.74) is 0.667. The molecule has 1 aromatic carbocycles. The molecule has 7 nitrogen and oxygen atoms in total. The first kappa shape index (κ1) is 17.9. The average Bonchev–Trinajstić information content (AvgIpc) is 2.96. The van der Waals surface area contributed by atoms with Gasteiger partial charge in [-0.2, -0.15) is 4.98 Å². The van der Waals surface area contributed by atoms with Crippen LogP contribution in [0.3, 0.4) is 0 Å². The molecular weight excluding hydrogens is 310 g/mol. The monoisotopic (exact) mass is 333 g/mol. The Hall–Kier alpha value is -2.41. The van der Waals surface area contributed by atoms with E-state index >= 15 is 0 Å². The Morgan fingerprint density at radius 2 is 2.00 bits per heavy atom. The van der Waals surface area contributed by atoms with Crippen LogP contribution in [0.5, 0.6) is 5.75 Å². The molecule has 0 spiro atoms. The number of hydrogen-bond acceptors (Lipinski definition) is 6. The van der Waals surface area contributed by atoms with Crippen LogP contribution in [0.2, 0.25) is 0 Å². The van der Waals surface area contributed by atoms with Crippen molar-refractivity contribution in [3.63, 3.8) is 0 Å². The van der Waals surface area contributed by atoms with Crippen molar-refractivity contribution < 1.29 is 19.2 Å². The van der Waals surface area contributed by atoms with E-state index in [1.54, 1.807) is 36.2 Å². The van der Waals surface area contributed by atoms with E-state index in [1.165, 1.54) is 0 Å². The molecule has 2 rings (SSSR count). The quantitative estimate of drug-likeness (QED) is 0.794. The fourth-order valence-electron chi connectivity index (χ4n) is 2.40. The second-order valence-corrected chi connectivity index (χ2v) is 5.85. The third-order valence-electron chi connectivity index (χ3n) is 3.45. The maximum Gasteiger partial charge on any atom is 0.325 e. The number of hydrogen-bond donors (Lipinski definition) is 1. The molecular formula is C17H23N3O4. The minimum atomic E-state index is -0.936. The van der Waals surface area contributed by atoms with Crippen molar-refractivity contribution in [1.29, 1.82) is 0 Å². The summed E-state index contributed by atoms with van der Waals surface area (Å²) < 4.78 is 10.6. The van der Waals surface area contributed by atoms with E-state index in [2.05, 4.69) is 10.1 Å². The first-order chi connectivity index (χ1) is 11.4. The van der Waals surface area contributed by atoms with Gasteiger partial charge in [-0.25, -0.2) is 0 Å². The van der Waals surface area contributed by atoms with Crippen LogP contribution in [-0.4, -0.2) is 39.3 Å². The summed E-state index contributed by atoms with van der Waals surface area (Å²) in [5, 5.41) is 13.5. The highest BCUT2D eigenvalue weighted by atomic mass is 16.5. The van der Waals surface area contributed by atoms with Gasteiger partial charge < -0.3 is 14.4 Å². The van der Waals surface area contributed by atoms with Crippen molar-refractivity contribution >= 4 is 5.97 Å². The zero-order valence-corrected chi connectivity index (χ0v) is 14.4. The Morgan fingerprint density at radius 1 is 1.33 bits per heavy atom. The largest absolute Gasteiger partial charge is 0.491 e. The molecule has 130 valence electrons. The lowest BCUT2D eigenvalue weighted by atomic mass is 10.1. The highest BCUT2D eigenvalue weighted by molar-refractivity contribution is 5.75. The molecule has 1 atom stereocenters. The summed E-state index contributed by atoms with van der Waals surface area (Å²) in [7, 11) is 1.72. The number of carboxylic acid groups (broad SMARTS) is 1. The Morgan fingerprint density at radius 3 is 2.50 bits per heavy atom. The van der Waals surface area contributed by atoms with E-state index in [9.17, 15) is 9.90 Å². The second-order valence-electron chi connectivity index (χ2n) is 5.85. The highest BCUT2D eigenvalue weighted by Crippen LogP contribution is 2.24. The Balaban J connectivity index is 2.14. The minimum absolute atomic E-state index is 0.0693. The van der Waals surface area contributed by atoms with Gasteiger partial charge in [0, 0.05) is 6.42 Å². The van der Waals surface area contributed by atoms with Gasteiger partial charge in [0.05, 0.1) is 12.6 Å². The standard InChI is InChI=1S/C17H23N3O4/c1-5-15-18-14(19-24-15)10-20(4)16(17(21)22)12-6-8-13(9-7-12)23-11(2)3/h6-9,11,16H,5,10H2,1-4H3,(H,21,22). The first-order valence-electron chi connectivity index (χ1n) is 7.91. The van der Waals surface area contributed by atoms with Crippen LogP contribution in [0.25, 0.3) is 0 Å². The minimum Gasteiger partial charge on any atom is -0.491 e. The number of carboxylic acids is 1. The predicted octanol–water partition coefficient (Wildman–Crippen LogP) is 2.68. The fraction of sp³-hybridized carbons (Fsp3) is 0.471. The topological polar surface area (TPSA) is 88.7 Å². The number of aromatic nitrogens is 2. The average molecular weight is 333 g/mol. The van der Waals surface area contributed by atoms with Crippen molar-refractivity contribution in [2.75, 3.05) is 7.05 Å². The molecule has 0 fully saturated rings. The molecule has 7 heteroatoms. The summed E-state index contributed by atoms with van der Waals surface area (Å²) >= 11 is 0. The van der Waals surface area contributed by atoms with Crippen LogP contribution in [0.1, 0.15) is 44.1 Å². The van der Waals surface area contributed by atoms with E-state index in [0.717, 1.165) is 0 Å². The van der Waals surface area contributed by atoms with Crippen LogP contribution in [0.4, 0.5) is 0 Å². The SMILES string of the molecule is CCc1nc(CN(C)C(C(=O)O)c2ccc(OC(C)C)cc2)no1. The molecule has 1 unspecified atom stereocenters. The molecule has 0 aliphatic carbocycles. The Kier molecular flexibility index (Phi) is 5.92. The van der Waals surface area contributed by atoms with Gasteiger partial charge in [0.25, 0.3) is 0 Å². The predicted molar refractivity (Wildman–Crippen MR) is 87.7 cm³/mol. The smallest absolute Gasteiger partial charge is 0.325 e. The lowest BCUT2D eigenvalue weighted by Gasteiger charge is -2.23. The molecule has 0 bridgehead atoms. The van der Waals surface area contributed by atoms with Crippen molar-refractivity contribution in [1.82, 2.24) is 15.0 Å². The molecule has 2 aromatic rings. The molecule has 0 aliphatic heterocycles. The van der Waals surface area contributed by atoms with Crippen LogP contribution in [0, 0.1) is 0 Å². The summed E-state index contributed by atoms with van der Waals surface area (Å²) in [6, 6.07) is 6.29. The van der Waals surface area contributed by atoms with Crippen molar-refractivity contribution in [3.8, 4) is 5.75 Å². The third-order valence-corrected chi connectivity index (χ3v) is 3.45. The second kappa shape index (κ2) is 7.92. The summed E-state index contributed by atoms with van der Waals surface area (Å²) in [4.78, 5) is 17.6. The van der Waals surface area contributed by atoms with Gasteiger partial charge in [-0.1, -0.05) is 24.2 Å². The molecule has 0 radical (unpaired) electrons. The number of likely N-dealkylation sites (N-methyl/N-ethyl adjacent to an activating group) is 1. The van der Waals surface area contributed by atoms with Crippen molar-refractivity contribution in [2.45, 2.75) is 45.9 Å². The number of carbonyl (C=O) groups is 1. The zero-order valence-electron chi connectivity index (χ0n) is 14.4. The van der Waals surface area contributed by atoms with E-state index < -0.39 is 12.0 Å². The molecule has 1 aromatic heterocycles. The lowest BCUT2D eigenvalue weighted by Crippen LogP contribution is -2.30. The number of benzene rings is 1. The normalized spacial score (nSPS) is 12.6. The van der Waals surface area contributed by atoms with E-state index in [-0.39, 0.29) is 12.6 Å². The number of rotatable bonds is 8. The summed E-state index contributed by atoms with van der Waals surface area (Å²) in [6.45, 7) is 6.08. The van der Waals surface area contributed by atoms with Crippen molar-refractivity contribution in [2.24, 2.45) is 0 Å². The first-order valence-corrected chi connectivity index (χ1v) is 7.91. The highest BCUT2D eigenvalue weighted by Gasteiger charge is 2.26. The number of aryl methyl sites for hydroxylation is 1. The molecule has 0 saturated carbocycles. The van der Waals surface area contributed by atoms with Crippen LogP contribution >= 0.6 is 0 Å². The molecule has 0 saturated heterocycles. The molecule has 0 amide bonds. The van der Waals surface area contributed by atoms with Crippen LogP contribution < -0.4 is 4.74 Å². The third kappa shape index (κ3) is 4.55. The number of ether oxygens (including phenoxy) is 1. The lowest BCUT2D eigenvalue weighted by molar-refractivity contribution is -0.143. The molecule has 0 aliphatic rings. The Labute approximate surface area is 141 Å². The Bertz CT molecular complexity index is 667. The fourth-order valence-corrected chi connectivity index (χ4v) is 2.40. The number of nitrogens with zero attached hydrogens (tertiary/aromatic N) is 3. The van der Waals surface area contributed by atoms with Gasteiger partial charge in [0.1, 0.15) is 11.8 Å². The van der Waals surface area contributed by atoms with Crippen LogP contribution in [0.15, 0.2) is 28.8 Å². The van der Waals surface area contributed by atoms with Crippen LogP contribution in [-0.2, 0) is 17.8 Å². The molecule has 24 heavy (non-hydrogen) atoms. The van der Waals surface area contributed by atoms with E-state index in [1.807, 2.05) is 20.8 Å². The van der Waals surface area contributed by atoms with E-state index in [4.69, 9.17) is 9.26 Å². The van der Waals surface area contributed by atoms with Gasteiger partial charge in [-0.15, -0.1) is 0 Å². The van der Waals surface area contributed by atoms with Gasteiger partial charge in [-0.3, -0.25) is 9.69 Å². The summed E-state index contributed by atoms with van der Waals surface area (Å²) in [5.74, 6) is 0.793. The maximum absolute atomic E-state index is 11.7. The molecule has 1 heterocycles. The maximum atomic E-state index is 11.7.